The van der Waals surface area contributed by atoms with Crippen LogP contribution < -0.4 is 10.9 Å². The van der Waals surface area contributed by atoms with Crippen LogP contribution in [0.25, 0.3) is 11.1 Å². The van der Waals surface area contributed by atoms with Crippen molar-refractivity contribution in [2.45, 2.75) is 0 Å². The van der Waals surface area contributed by atoms with Crippen LogP contribution in [0.5, 0.6) is 0 Å². The average Bonchev–Trinajstić information content (AvgIpc) is 2.68. The van der Waals surface area contributed by atoms with E-state index in [0.29, 0.717) is 16.8 Å². The zero-order valence-corrected chi connectivity index (χ0v) is 14.0. The Morgan fingerprint density at radius 3 is 2.50 bits per heavy atom. The Kier molecular flexibility index (Phi) is 4.94. The highest BCUT2D eigenvalue weighted by atomic mass is 16.5. The summed E-state index contributed by atoms with van der Waals surface area (Å²) >= 11 is 0. The third kappa shape index (κ3) is 3.54. The number of pyridine rings is 1. The quantitative estimate of drug-likeness (QED) is 0.709. The zero-order chi connectivity index (χ0) is 18.5. The molecule has 0 fully saturated rings. The van der Waals surface area contributed by atoms with Gasteiger partial charge in [-0.2, -0.15) is 0 Å². The Balaban J connectivity index is 1.97. The Morgan fingerprint density at radius 2 is 1.77 bits per heavy atom. The molecule has 6 nitrogen and oxygen atoms in total. The van der Waals surface area contributed by atoms with Gasteiger partial charge in [0.2, 0.25) is 0 Å². The van der Waals surface area contributed by atoms with Gasteiger partial charge in [0.25, 0.3) is 11.5 Å². The van der Waals surface area contributed by atoms with Crippen LogP contribution in [0.4, 0.5) is 5.69 Å². The van der Waals surface area contributed by atoms with Gasteiger partial charge < -0.3 is 15.0 Å². The number of carbonyl (C=O) groups is 2. The first-order valence-electron chi connectivity index (χ1n) is 7.87. The number of H-pyrrole nitrogens is 1. The van der Waals surface area contributed by atoms with Gasteiger partial charge in [0.15, 0.2) is 0 Å². The maximum absolute atomic E-state index is 12.7. The van der Waals surface area contributed by atoms with E-state index in [1.165, 1.54) is 19.4 Å². The van der Waals surface area contributed by atoms with Crippen LogP contribution in [-0.4, -0.2) is 24.0 Å². The summed E-state index contributed by atoms with van der Waals surface area (Å²) in [5, 5.41) is 2.66. The lowest BCUT2D eigenvalue weighted by Crippen LogP contribution is -2.24. The first-order valence-corrected chi connectivity index (χ1v) is 7.87. The van der Waals surface area contributed by atoms with E-state index in [1.54, 1.807) is 24.3 Å². The number of amides is 1. The number of aromatic amines is 1. The molecule has 0 saturated heterocycles. The molecule has 2 aromatic carbocycles. The molecule has 0 saturated carbocycles. The summed E-state index contributed by atoms with van der Waals surface area (Å²) in [5.74, 6) is -1.07. The highest BCUT2D eigenvalue weighted by Crippen LogP contribution is 2.22. The predicted octanol–water partition coefficient (Wildman–Crippen LogP) is 3.08. The van der Waals surface area contributed by atoms with E-state index >= 15 is 0 Å². The zero-order valence-electron chi connectivity index (χ0n) is 14.0. The number of rotatable bonds is 4. The van der Waals surface area contributed by atoms with E-state index < -0.39 is 17.4 Å². The molecule has 0 aliphatic heterocycles. The number of aromatic nitrogens is 1. The minimum absolute atomic E-state index is 0.00201. The minimum atomic E-state index is -0.562. The fourth-order valence-electron chi connectivity index (χ4n) is 2.60. The van der Waals surface area contributed by atoms with Crippen molar-refractivity contribution < 1.29 is 14.3 Å². The number of benzene rings is 2. The summed E-state index contributed by atoms with van der Waals surface area (Å²) in [6.07, 6.45) is 1.50. The first kappa shape index (κ1) is 17.2. The van der Waals surface area contributed by atoms with Crippen LogP contribution in [0.1, 0.15) is 20.7 Å². The summed E-state index contributed by atoms with van der Waals surface area (Å²) in [7, 11) is 1.28. The predicted molar refractivity (Wildman–Crippen MR) is 98.2 cm³/mol. The molecule has 0 atom stereocenters. The van der Waals surface area contributed by atoms with Crippen molar-refractivity contribution in [1.29, 1.82) is 0 Å². The van der Waals surface area contributed by atoms with Crippen molar-refractivity contribution in [3.63, 3.8) is 0 Å². The molecule has 1 amide bonds. The molecule has 0 bridgehead atoms. The van der Waals surface area contributed by atoms with Crippen LogP contribution in [0.3, 0.4) is 0 Å². The van der Waals surface area contributed by atoms with E-state index in [4.69, 9.17) is 0 Å². The molecule has 0 aliphatic rings. The molecule has 0 unspecified atom stereocenters. The number of carbonyl (C=O) groups excluding carboxylic acids is 2. The maximum Gasteiger partial charge on any atom is 0.337 e. The molecule has 1 aromatic heterocycles. The summed E-state index contributed by atoms with van der Waals surface area (Å²) in [5.41, 5.74) is 1.48. The second-order valence-electron chi connectivity index (χ2n) is 5.49. The number of ether oxygens (including phenoxy) is 1. The van der Waals surface area contributed by atoms with Crippen LogP contribution in [0.2, 0.25) is 0 Å². The van der Waals surface area contributed by atoms with Crippen LogP contribution in [0.15, 0.2) is 71.7 Å². The molecule has 0 spiro atoms. The topological polar surface area (TPSA) is 88.3 Å². The summed E-state index contributed by atoms with van der Waals surface area (Å²) in [4.78, 5) is 39.2. The summed E-state index contributed by atoms with van der Waals surface area (Å²) in [6.45, 7) is 0. The monoisotopic (exact) mass is 348 g/mol. The standard InChI is InChI=1S/C20H16N2O4/c1-26-20(25)14-8-5-9-15(12-14)22-19(24)17-16(10-11-21-18(17)23)13-6-3-2-4-7-13/h2-12H,1H3,(H,21,23)(H,22,24). The molecule has 3 rings (SSSR count). The van der Waals surface area contributed by atoms with E-state index in [2.05, 4.69) is 15.0 Å². The molecular formula is C20H16N2O4. The van der Waals surface area contributed by atoms with Gasteiger partial charge in [0, 0.05) is 17.4 Å². The third-order valence-corrected chi connectivity index (χ3v) is 3.81. The van der Waals surface area contributed by atoms with Gasteiger partial charge in [-0.25, -0.2) is 4.79 Å². The van der Waals surface area contributed by atoms with Crippen LogP contribution >= 0.6 is 0 Å². The van der Waals surface area contributed by atoms with Gasteiger partial charge in [-0.15, -0.1) is 0 Å². The minimum Gasteiger partial charge on any atom is -0.465 e. The molecule has 3 aromatic rings. The van der Waals surface area contributed by atoms with Gasteiger partial charge in [-0.05, 0) is 29.8 Å². The van der Waals surface area contributed by atoms with E-state index in [-0.39, 0.29) is 5.56 Å². The fourth-order valence-corrected chi connectivity index (χ4v) is 2.60. The summed E-state index contributed by atoms with van der Waals surface area (Å²) in [6, 6.07) is 17.2. The van der Waals surface area contributed by atoms with Crippen molar-refractivity contribution in [1.82, 2.24) is 4.98 Å². The number of methoxy groups -OCH3 is 1. The maximum atomic E-state index is 12.7. The van der Waals surface area contributed by atoms with Crippen molar-refractivity contribution in [3.05, 3.63) is 88.3 Å². The van der Waals surface area contributed by atoms with Gasteiger partial charge in [-0.3, -0.25) is 9.59 Å². The van der Waals surface area contributed by atoms with Crippen molar-refractivity contribution in [3.8, 4) is 11.1 Å². The van der Waals surface area contributed by atoms with Crippen molar-refractivity contribution in [2.75, 3.05) is 12.4 Å². The van der Waals surface area contributed by atoms with Crippen LogP contribution in [0, 0.1) is 0 Å². The first-order chi connectivity index (χ1) is 12.6. The smallest absolute Gasteiger partial charge is 0.337 e. The number of hydrogen-bond donors (Lipinski definition) is 2. The molecule has 2 N–H and O–H groups in total. The normalized spacial score (nSPS) is 10.2. The molecular weight excluding hydrogens is 332 g/mol. The van der Waals surface area contributed by atoms with Gasteiger partial charge in [0.05, 0.1) is 12.7 Å². The van der Waals surface area contributed by atoms with Crippen molar-refractivity contribution in [2.24, 2.45) is 0 Å². The highest BCUT2D eigenvalue weighted by molar-refractivity contribution is 6.08. The Labute approximate surface area is 149 Å². The van der Waals surface area contributed by atoms with Gasteiger partial charge in [0.1, 0.15) is 5.56 Å². The van der Waals surface area contributed by atoms with Crippen molar-refractivity contribution >= 4 is 17.6 Å². The van der Waals surface area contributed by atoms with E-state index in [0.717, 1.165) is 5.56 Å². The van der Waals surface area contributed by atoms with E-state index in [9.17, 15) is 14.4 Å². The van der Waals surface area contributed by atoms with E-state index in [1.807, 2.05) is 30.3 Å². The SMILES string of the molecule is COC(=O)c1cccc(NC(=O)c2c(-c3ccccc3)cc[nH]c2=O)c1. The highest BCUT2D eigenvalue weighted by Gasteiger charge is 2.17. The molecule has 130 valence electrons. The fraction of sp³-hybridized carbons (Fsp3) is 0.0500. The Hall–Kier alpha value is -3.67. The number of nitrogens with one attached hydrogen (secondary N) is 2. The summed E-state index contributed by atoms with van der Waals surface area (Å²) < 4.78 is 4.67. The molecule has 0 aliphatic carbocycles. The second-order valence-corrected chi connectivity index (χ2v) is 5.49. The Bertz CT molecular complexity index is 1010. The van der Waals surface area contributed by atoms with Crippen LogP contribution in [-0.2, 0) is 4.74 Å². The molecule has 26 heavy (non-hydrogen) atoms. The molecule has 1 heterocycles. The largest absolute Gasteiger partial charge is 0.465 e. The lowest BCUT2D eigenvalue weighted by atomic mass is 10.0. The van der Waals surface area contributed by atoms with Gasteiger partial charge >= 0.3 is 5.97 Å². The van der Waals surface area contributed by atoms with Gasteiger partial charge in [-0.1, -0.05) is 36.4 Å². The molecule has 6 heteroatoms. The number of esters is 1. The average molecular weight is 348 g/mol. The Morgan fingerprint density at radius 1 is 1.00 bits per heavy atom. The third-order valence-electron chi connectivity index (χ3n) is 3.81. The lowest BCUT2D eigenvalue weighted by Gasteiger charge is -2.10. The molecule has 0 radical (unpaired) electrons. The lowest BCUT2D eigenvalue weighted by molar-refractivity contribution is 0.0600. The second kappa shape index (κ2) is 7.48. The number of anilines is 1. The number of hydrogen-bond acceptors (Lipinski definition) is 4.